The molecule has 0 saturated heterocycles. The maximum absolute atomic E-state index is 12.7. The Morgan fingerprint density at radius 2 is 1.97 bits per heavy atom. The fraction of sp³-hybridized carbons (Fsp3) is 0.143. The van der Waals surface area contributed by atoms with Crippen LogP contribution in [0.3, 0.4) is 0 Å². The van der Waals surface area contributed by atoms with Crippen LogP contribution < -0.4 is 11.1 Å². The third-order valence-electron chi connectivity index (χ3n) is 4.76. The Kier molecular flexibility index (Phi) is 4.59. The minimum Gasteiger partial charge on any atom is -0.364 e. The zero-order valence-electron chi connectivity index (χ0n) is 16.1. The van der Waals surface area contributed by atoms with Crippen LogP contribution in [0.15, 0.2) is 48.8 Å². The summed E-state index contributed by atoms with van der Waals surface area (Å²) in [7, 11) is 0. The van der Waals surface area contributed by atoms with Gasteiger partial charge in [0.2, 0.25) is 5.95 Å². The molecule has 2 aromatic heterocycles. The summed E-state index contributed by atoms with van der Waals surface area (Å²) in [4.78, 5) is 36.5. The van der Waals surface area contributed by atoms with Gasteiger partial charge in [-0.3, -0.25) is 14.2 Å². The van der Waals surface area contributed by atoms with E-state index < -0.39 is 11.8 Å². The van der Waals surface area contributed by atoms with Gasteiger partial charge in [0.05, 0.1) is 11.0 Å². The van der Waals surface area contributed by atoms with Crippen LogP contribution in [-0.4, -0.2) is 31.3 Å². The standard InChI is InChI=1S/C21H20N6O2/c1-12-7-8-14(13(2)9-12)10-23-20(29)17-18(19(22)28)27(11-24-17)21-25-15-5-3-4-6-16(15)26-21/h3-9,11H,10H2,1-2H3,(H2,22,28)(H,23,29)(H,25,26). The third-order valence-corrected chi connectivity index (χ3v) is 4.76. The van der Waals surface area contributed by atoms with E-state index in [9.17, 15) is 9.59 Å². The van der Waals surface area contributed by atoms with Crippen LogP contribution in [0.5, 0.6) is 0 Å². The number of hydrogen-bond donors (Lipinski definition) is 3. The first-order chi connectivity index (χ1) is 13.9. The highest BCUT2D eigenvalue weighted by Gasteiger charge is 2.24. The zero-order valence-corrected chi connectivity index (χ0v) is 16.1. The highest BCUT2D eigenvalue weighted by Crippen LogP contribution is 2.17. The molecule has 0 bridgehead atoms. The van der Waals surface area contributed by atoms with E-state index in [1.165, 1.54) is 10.9 Å². The summed E-state index contributed by atoms with van der Waals surface area (Å²) in [5.74, 6) is -0.880. The van der Waals surface area contributed by atoms with Gasteiger partial charge in [0.25, 0.3) is 11.8 Å². The predicted octanol–water partition coefficient (Wildman–Crippen LogP) is 2.39. The van der Waals surface area contributed by atoms with E-state index in [-0.39, 0.29) is 11.4 Å². The number of hydrogen-bond acceptors (Lipinski definition) is 4. The molecule has 0 aliphatic heterocycles. The molecule has 2 amide bonds. The van der Waals surface area contributed by atoms with Crippen molar-refractivity contribution in [2.45, 2.75) is 20.4 Å². The smallest absolute Gasteiger partial charge is 0.272 e. The summed E-state index contributed by atoms with van der Waals surface area (Å²) in [5.41, 5.74) is 10.2. The van der Waals surface area contributed by atoms with Gasteiger partial charge < -0.3 is 16.0 Å². The van der Waals surface area contributed by atoms with Crippen LogP contribution >= 0.6 is 0 Å². The number of carbonyl (C=O) groups excluding carboxylic acids is 2. The number of nitrogens with zero attached hydrogens (tertiary/aromatic N) is 3. The summed E-state index contributed by atoms with van der Waals surface area (Å²) in [6, 6.07) is 13.4. The van der Waals surface area contributed by atoms with Gasteiger partial charge >= 0.3 is 0 Å². The SMILES string of the molecule is Cc1ccc(CNC(=O)c2ncn(-c3nc4ccccc4[nH]3)c2C(N)=O)c(C)c1. The number of benzene rings is 2. The van der Waals surface area contributed by atoms with Crippen LogP contribution in [0.25, 0.3) is 17.0 Å². The van der Waals surface area contributed by atoms with E-state index in [1.54, 1.807) is 0 Å². The molecule has 2 heterocycles. The van der Waals surface area contributed by atoms with E-state index in [0.29, 0.717) is 12.5 Å². The number of imidazole rings is 2. The fourth-order valence-electron chi connectivity index (χ4n) is 3.27. The summed E-state index contributed by atoms with van der Waals surface area (Å²) in [6.45, 7) is 4.32. The summed E-state index contributed by atoms with van der Waals surface area (Å²) in [5, 5.41) is 2.81. The van der Waals surface area contributed by atoms with Crippen molar-refractivity contribution in [1.29, 1.82) is 0 Å². The molecule has 8 heteroatoms. The molecule has 0 spiro atoms. The normalized spacial score (nSPS) is 11.0. The molecular weight excluding hydrogens is 368 g/mol. The molecule has 0 aliphatic carbocycles. The number of fused-ring (bicyclic) bond motifs is 1. The van der Waals surface area contributed by atoms with Crippen molar-refractivity contribution in [3.8, 4) is 5.95 Å². The number of H-pyrrole nitrogens is 1. The Bertz CT molecular complexity index is 1200. The molecule has 146 valence electrons. The number of nitrogens with one attached hydrogen (secondary N) is 2. The Morgan fingerprint density at radius 3 is 2.69 bits per heavy atom. The Balaban J connectivity index is 1.63. The molecule has 0 atom stereocenters. The molecule has 0 aliphatic rings. The molecule has 0 unspecified atom stereocenters. The van der Waals surface area contributed by atoms with Gasteiger partial charge in [0, 0.05) is 6.54 Å². The number of amides is 2. The molecule has 0 radical (unpaired) electrons. The number of carbonyl (C=O) groups is 2. The van der Waals surface area contributed by atoms with Gasteiger partial charge in [-0.2, -0.15) is 0 Å². The topological polar surface area (TPSA) is 119 Å². The van der Waals surface area contributed by atoms with E-state index in [0.717, 1.165) is 27.7 Å². The average Bonchev–Trinajstić information content (AvgIpc) is 3.31. The Labute approximate surface area is 166 Å². The average molecular weight is 388 g/mol. The van der Waals surface area contributed by atoms with Gasteiger partial charge in [-0.05, 0) is 37.1 Å². The van der Waals surface area contributed by atoms with Crippen molar-refractivity contribution in [3.05, 3.63) is 76.9 Å². The lowest BCUT2D eigenvalue weighted by atomic mass is 10.1. The van der Waals surface area contributed by atoms with E-state index in [2.05, 4.69) is 20.3 Å². The number of rotatable bonds is 5. The minimum absolute atomic E-state index is 0.0258. The lowest BCUT2D eigenvalue weighted by molar-refractivity contribution is 0.0928. The quantitative estimate of drug-likeness (QED) is 0.486. The minimum atomic E-state index is -0.764. The van der Waals surface area contributed by atoms with Crippen molar-refractivity contribution < 1.29 is 9.59 Å². The highest BCUT2D eigenvalue weighted by atomic mass is 16.2. The van der Waals surface area contributed by atoms with Crippen molar-refractivity contribution >= 4 is 22.8 Å². The van der Waals surface area contributed by atoms with Crippen LogP contribution in [0.2, 0.25) is 0 Å². The highest BCUT2D eigenvalue weighted by molar-refractivity contribution is 6.04. The molecule has 0 fully saturated rings. The molecule has 8 nitrogen and oxygen atoms in total. The van der Waals surface area contributed by atoms with Crippen LogP contribution in [0, 0.1) is 13.8 Å². The second kappa shape index (κ2) is 7.23. The second-order valence-corrected chi connectivity index (χ2v) is 6.87. The number of aromatic nitrogens is 4. The molecule has 2 aromatic carbocycles. The molecule has 4 rings (SSSR count). The predicted molar refractivity (Wildman–Crippen MR) is 109 cm³/mol. The van der Waals surface area contributed by atoms with Gasteiger partial charge in [-0.15, -0.1) is 0 Å². The maximum atomic E-state index is 12.7. The molecule has 29 heavy (non-hydrogen) atoms. The number of para-hydroxylation sites is 2. The first-order valence-electron chi connectivity index (χ1n) is 9.10. The van der Waals surface area contributed by atoms with Crippen molar-refractivity contribution in [1.82, 2.24) is 24.8 Å². The zero-order chi connectivity index (χ0) is 20.5. The van der Waals surface area contributed by atoms with Crippen LogP contribution in [0.1, 0.15) is 37.7 Å². The molecule has 0 saturated carbocycles. The first kappa shape index (κ1) is 18.4. The van der Waals surface area contributed by atoms with Crippen LogP contribution in [0.4, 0.5) is 0 Å². The van der Waals surface area contributed by atoms with E-state index in [4.69, 9.17) is 5.73 Å². The molecule has 4 N–H and O–H groups in total. The van der Waals surface area contributed by atoms with Crippen molar-refractivity contribution in [3.63, 3.8) is 0 Å². The van der Waals surface area contributed by atoms with E-state index in [1.807, 2.05) is 56.3 Å². The fourth-order valence-corrected chi connectivity index (χ4v) is 3.27. The summed E-state index contributed by atoms with van der Waals surface area (Å²) < 4.78 is 1.40. The Hall–Kier alpha value is -3.94. The number of nitrogens with two attached hydrogens (primary N) is 1. The molecular formula is C21H20N6O2. The number of primary amides is 1. The summed E-state index contributed by atoms with van der Waals surface area (Å²) >= 11 is 0. The Morgan fingerprint density at radius 1 is 1.17 bits per heavy atom. The largest absolute Gasteiger partial charge is 0.364 e. The van der Waals surface area contributed by atoms with Gasteiger partial charge in [0.15, 0.2) is 5.69 Å². The summed E-state index contributed by atoms with van der Waals surface area (Å²) in [6.07, 6.45) is 1.36. The van der Waals surface area contributed by atoms with Crippen LogP contribution in [-0.2, 0) is 6.54 Å². The monoisotopic (exact) mass is 388 g/mol. The van der Waals surface area contributed by atoms with Crippen molar-refractivity contribution in [2.75, 3.05) is 0 Å². The lowest BCUT2D eigenvalue weighted by Crippen LogP contribution is -2.28. The first-order valence-corrected chi connectivity index (χ1v) is 9.10. The van der Waals surface area contributed by atoms with Gasteiger partial charge in [-0.25, -0.2) is 9.97 Å². The number of aromatic amines is 1. The van der Waals surface area contributed by atoms with E-state index >= 15 is 0 Å². The lowest BCUT2D eigenvalue weighted by Gasteiger charge is -2.09. The second-order valence-electron chi connectivity index (χ2n) is 6.87. The third kappa shape index (κ3) is 3.47. The number of aryl methyl sites for hydroxylation is 2. The van der Waals surface area contributed by atoms with Crippen molar-refractivity contribution in [2.24, 2.45) is 5.73 Å². The maximum Gasteiger partial charge on any atom is 0.272 e. The van der Waals surface area contributed by atoms with Gasteiger partial charge in [-0.1, -0.05) is 35.9 Å². The van der Waals surface area contributed by atoms with Gasteiger partial charge in [0.1, 0.15) is 12.0 Å². The molecule has 4 aromatic rings.